The van der Waals surface area contributed by atoms with E-state index in [0.29, 0.717) is 16.7 Å². The second-order valence-corrected chi connectivity index (χ2v) is 13.2. The summed E-state index contributed by atoms with van der Waals surface area (Å²) in [6.07, 6.45) is 6.17. The number of pyridine rings is 2. The molecule has 14 heteroatoms. The number of nitro groups is 1. The lowest BCUT2D eigenvalue weighted by Gasteiger charge is -2.08. The minimum absolute atomic E-state index is 0.0373. The van der Waals surface area contributed by atoms with Gasteiger partial charge in [-0.25, -0.2) is 22.3 Å². The van der Waals surface area contributed by atoms with E-state index in [4.69, 9.17) is 0 Å². The molecule has 1 N–H and O–H groups in total. The molecule has 0 saturated heterocycles. The lowest BCUT2D eigenvalue weighted by molar-refractivity contribution is -0.384. The van der Waals surface area contributed by atoms with Crippen molar-refractivity contribution >= 4 is 43.0 Å². The number of hydrogen-bond acceptors (Lipinski definition) is 9. The molecule has 0 bridgehead atoms. The second kappa shape index (κ2) is 12.0. The van der Waals surface area contributed by atoms with Crippen LogP contribution in [0.3, 0.4) is 0 Å². The molecule has 0 fully saturated rings. The smallest absolute Gasteiger partial charge is 0.289 e. The van der Waals surface area contributed by atoms with Gasteiger partial charge in [0.1, 0.15) is 15.5 Å². The Hall–Kier alpha value is -4.43. The molecule has 3 aromatic heterocycles. The third-order valence-corrected chi connectivity index (χ3v) is 10.2. The fourth-order valence-electron chi connectivity index (χ4n) is 4.41. The van der Waals surface area contributed by atoms with E-state index < -0.39 is 46.0 Å². The van der Waals surface area contributed by atoms with E-state index in [1.54, 1.807) is 44.4 Å². The monoisotopic (exact) mass is 597 g/mol. The number of amides is 1. The number of nitro benzene ring substituents is 1. The van der Waals surface area contributed by atoms with Crippen molar-refractivity contribution in [2.45, 2.75) is 36.5 Å². The molecule has 12 nitrogen and oxygen atoms in total. The van der Waals surface area contributed by atoms with Crippen LogP contribution in [0.15, 0.2) is 82.0 Å². The first-order valence-electron chi connectivity index (χ1n) is 12.6. The minimum atomic E-state index is -4.25. The van der Waals surface area contributed by atoms with Crippen LogP contribution < -0.4 is 5.43 Å². The molecule has 0 spiro atoms. The number of nitrogens with one attached hydrogen (secondary N) is 1. The summed E-state index contributed by atoms with van der Waals surface area (Å²) in [5.74, 6) is -1.68. The summed E-state index contributed by atoms with van der Waals surface area (Å²) < 4.78 is 55.6. The molecule has 1 aromatic carbocycles. The van der Waals surface area contributed by atoms with Crippen molar-refractivity contribution in [2.75, 3.05) is 11.5 Å². The molecule has 0 unspecified atom stereocenters. The molecule has 4 rings (SSSR count). The molecule has 1 amide bonds. The highest BCUT2D eigenvalue weighted by Crippen LogP contribution is 2.36. The first-order chi connectivity index (χ1) is 19.5. The Kier molecular flexibility index (Phi) is 8.63. The summed E-state index contributed by atoms with van der Waals surface area (Å²) in [7, 11) is -8.40. The Labute approximate surface area is 236 Å². The van der Waals surface area contributed by atoms with Crippen molar-refractivity contribution < 1.29 is 26.6 Å². The molecular formula is C27H27N5O7S2. The number of sulfone groups is 2. The van der Waals surface area contributed by atoms with Gasteiger partial charge in [-0.3, -0.25) is 19.9 Å². The third-order valence-electron chi connectivity index (χ3n) is 6.11. The van der Waals surface area contributed by atoms with Crippen LogP contribution in [-0.4, -0.2) is 54.8 Å². The van der Waals surface area contributed by atoms with E-state index in [0.717, 1.165) is 6.21 Å². The second-order valence-electron chi connectivity index (χ2n) is 9.10. The van der Waals surface area contributed by atoms with Crippen molar-refractivity contribution in [3.8, 4) is 11.1 Å². The van der Waals surface area contributed by atoms with Crippen LogP contribution in [0.1, 0.15) is 42.7 Å². The minimum Gasteiger partial charge on any atom is -0.310 e. The summed E-state index contributed by atoms with van der Waals surface area (Å²) in [4.78, 5) is 27.0. The Morgan fingerprint density at radius 2 is 1.63 bits per heavy atom. The number of rotatable bonds is 11. The topological polar surface area (TPSA) is 170 Å². The maximum absolute atomic E-state index is 13.6. The fourth-order valence-corrected chi connectivity index (χ4v) is 8.38. The summed E-state index contributed by atoms with van der Waals surface area (Å²) in [6.45, 7) is 3.30. The summed E-state index contributed by atoms with van der Waals surface area (Å²) in [5.41, 5.74) is 3.34. The van der Waals surface area contributed by atoms with Gasteiger partial charge in [0.05, 0.1) is 28.2 Å². The van der Waals surface area contributed by atoms with Gasteiger partial charge in [-0.1, -0.05) is 26.0 Å². The van der Waals surface area contributed by atoms with Crippen LogP contribution in [-0.2, 0) is 19.7 Å². The molecule has 214 valence electrons. The van der Waals surface area contributed by atoms with Crippen molar-refractivity contribution in [3.05, 3.63) is 88.5 Å². The zero-order valence-electron chi connectivity index (χ0n) is 22.2. The molecule has 0 saturated carbocycles. The molecule has 4 aromatic rings. The molecule has 0 aliphatic rings. The van der Waals surface area contributed by atoms with E-state index in [-0.39, 0.29) is 35.6 Å². The largest absolute Gasteiger partial charge is 0.310 e. The number of aromatic nitrogens is 2. The molecule has 0 aliphatic carbocycles. The van der Waals surface area contributed by atoms with E-state index in [9.17, 15) is 31.7 Å². The molecule has 0 radical (unpaired) electrons. The van der Waals surface area contributed by atoms with E-state index >= 15 is 0 Å². The van der Waals surface area contributed by atoms with E-state index in [1.165, 1.54) is 40.9 Å². The number of benzene rings is 1. The van der Waals surface area contributed by atoms with E-state index in [2.05, 4.69) is 15.5 Å². The predicted molar refractivity (Wildman–Crippen MR) is 153 cm³/mol. The van der Waals surface area contributed by atoms with Gasteiger partial charge in [0.15, 0.2) is 19.7 Å². The van der Waals surface area contributed by atoms with Crippen molar-refractivity contribution in [2.24, 2.45) is 5.10 Å². The lowest BCUT2D eigenvalue weighted by atomic mass is 10.1. The Morgan fingerprint density at radius 3 is 2.27 bits per heavy atom. The zero-order chi connectivity index (χ0) is 29.8. The highest BCUT2D eigenvalue weighted by atomic mass is 32.2. The maximum atomic E-state index is 13.6. The van der Waals surface area contributed by atoms with Crippen LogP contribution in [0.25, 0.3) is 16.6 Å². The number of carbonyl (C=O) groups excluding carboxylic acids is 1. The van der Waals surface area contributed by atoms with Crippen LogP contribution in [0, 0.1) is 10.1 Å². The average Bonchev–Trinajstić information content (AvgIpc) is 3.30. The van der Waals surface area contributed by atoms with E-state index in [1.807, 2.05) is 0 Å². The number of hydrogen-bond donors (Lipinski definition) is 1. The Bertz CT molecular complexity index is 1870. The quantitative estimate of drug-likeness (QED) is 0.153. The number of non-ortho nitro benzene ring substituents is 1. The Balaban J connectivity index is 1.94. The van der Waals surface area contributed by atoms with Gasteiger partial charge in [-0.2, -0.15) is 5.10 Å². The molecular weight excluding hydrogens is 570 g/mol. The van der Waals surface area contributed by atoms with Gasteiger partial charge in [-0.15, -0.1) is 0 Å². The lowest BCUT2D eigenvalue weighted by Crippen LogP contribution is -2.23. The van der Waals surface area contributed by atoms with Gasteiger partial charge in [0.2, 0.25) is 0 Å². The van der Waals surface area contributed by atoms with Crippen molar-refractivity contribution in [1.29, 1.82) is 0 Å². The van der Waals surface area contributed by atoms with Crippen molar-refractivity contribution in [1.82, 2.24) is 14.8 Å². The van der Waals surface area contributed by atoms with Crippen LogP contribution in [0.4, 0.5) is 5.69 Å². The zero-order valence-corrected chi connectivity index (χ0v) is 23.9. The molecule has 0 aliphatic heterocycles. The highest BCUT2D eigenvalue weighted by molar-refractivity contribution is 7.94. The first kappa shape index (κ1) is 29.6. The number of hydrazone groups is 1. The number of fused-ring (bicyclic) bond motifs is 1. The standard InChI is InChI=1S/C27H27N5O7S2/c1-3-14-40(36,37)25-23-17-21(20-8-11-28-12-9-20)10-13-31(23)24(26(25)41(38,39)15-4-2)27(33)30-29-18-19-6-5-7-22(16-19)32(34)35/h5-13,16-18H,3-4,14-15H2,1-2H3,(H,30,33)/b29-18+. The van der Waals surface area contributed by atoms with Crippen LogP contribution in [0.2, 0.25) is 0 Å². The summed E-state index contributed by atoms with van der Waals surface area (Å²) >= 11 is 0. The predicted octanol–water partition coefficient (Wildman–Crippen LogP) is 4.04. The summed E-state index contributed by atoms with van der Waals surface area (Å²) in [6, 6.07) is 12.1. The van der Waals surface area contributed by atoms with Gasteiger partial charge in [0, 0.05) is 36.3 Å². The third kappa shape index (κ3) is 6.18. The first-order valence-corrected chi connectivity index (χ1v) is 15.9. The average molecular weight is 598 g/mol. The maximum Gasteiger partial charge on any atom is 0.289 e. The van der Waals surface area contributed by atoms with Gasteiger partial charge < -0.3 is 4.40 Å². The van der Waals surface area contributed by atoms with Gasteiger partial charge in [0.25, 0.3) is 11.6 Å². The molecule has 0 atom stereocenters. The fraction of sp³-hybridized carbons (Fsp3) is 0.222. The van der Waals surface area contributed by atoms with Crippen LogP contribution >= 0.6 is 0 Å². The van der Waals surface area contributed by atoms with Crippen molar-refractivity contribution in [3.63, 3.8) is 0 Å². The molecule has 3 heterocycles. The summed E-state index contributed by atoms with van der Waals surface area (Å²) in [5, 5.41) is 14.9. The SMILES string of the molecule is CCCS(=O)(=O)c1c(S(=O)(=O)CCC)c2cc(-c3ccncc3)ccn2c1C(=O)N/N=C/c1cccc([N+](=O)[O-])c1. The molecule has 41 heavy (non-hydrogen) atoms. The van der Waals surface area contributed by atoms with Gasteiger partial charge >= 0.3 is 0 Å². The Morgan fingerprint density at radius 1 is 0.976 bits per heavy atom. The number of carbonyl (C=O) groups is 1. The highest BCUT2D eigenvalue weighted by Gasteiger charge is 2.37. The number of nitrogens with zero attached hydrogens (tertiary/aromatic N) is 4. The normalized spacial score (nSPS) is 12.1. The van der Waals surface area contributed by atoms with Crippen LogP contribution in [0.5, 0.6) is 0 Å². The van der Waals surface area contributed by atoms with Gasteiger partial charge in [-0.05, 0) is 48.2 Å².